The second kappa shape index (κ2) is 7.14. The van der Waals surface area contributed by atoms with Crippen molar-refractivity contribution in [1.29, 1.82) is 0 Å². The molecule has 0 aromatic carbocycles. The Labute approximate surface area is 125 Å². The van der Waals surface area contributed by atoms with E-state index in [0.717, 1.165) is 24.2 Å². The van der Waals surface area contributed by atoms with Gasteiger partial charge in [-0.2, -0.15) is 0 Å². The molecule has 2 aromatic heterocycles. The summed E-state index contributed by atoms with van der Waals surface area (Å²) in [5.74, 6) is 0.607. The van der Waals surface area contributed by atoms with E-state index < -0.39 is 0 Å². The van der Waals surface area contributed by atoms with Gasteiger partial charge >= 0.3 is 0 Å². The van der Waals surface area contributed by atoms with E-state index in [9.17, 15) is 0 Å². The number of fused-ring (bicyclic) bond motifs is 1. The Morgan fingerprint density at radius 3 is 2.70 bits per heavy atom. The van der Waals surface area contributed by atoms with Crippen molar-refractivity contribution in [2.24, 2.45) is 5.92 Å². The van der Waals surface area contributed by atoms with Crippen LogP contribution in [-0.4, -0.2) is 22.6 Å². The van der Waals surface area contributed by atoms with Gasteiger partial charge in [-0.3, -0.25) is 0 Å². The minimum atomic E-state index is 0.484. The quantitative estimate of drug-likeness (QED) is 0.842. The number of aromatic nitrogens is 2. The van der Waals surface area contributed by atoms with Gasteiger partial charge in [0.05, 0.1) is 5.69 Å². The van der Waals surface area contributed by atoms with Gasteiger partial charge in [-0.05, 0) is 31.4 Å². The molecule has 1 unspecified atom stereocenters. The van der Waals surface area contributed by atoms with Crippen LogP contribution < -0.4 is 5.32 Å². The highest BCUT2D eigenvalue weighted by atomic mass is 32.1. The first-order valence-electron chi connectivity index (χ1n) is 7.61. The summed E-state index contributed by atoms with van der Waals surface area (Å²) in [6.45, 7) is 10.0. The lowest BCUT2D eigenvalue weighted by Crippen LogP contribution is -2.36. The van der Waals surface area contributed by atoms with Crippen LogP contribution in [0.25, 0.3) is 10.2 Å². The molecule has 1 N–H and O–H groups in total. The Morgan fingerprint density at radius 1 is 1.25 bits per heavy atom. The maximum absolute atomic E-state index is 4.54. The average molecular weight is 291 g/mol. The predicted octanol–water partition coefficient (Wildman–Crippen LogP) is 3.82. The molecule has 0 saturated heterocycles. The van der Waals surface area contributed by atoms with Crippen LogP contribution in [0.1, 0.15) is 44.7 Å². The summed E-state index contributed by atoms with van der Waals surface area (Å²) in [6.07, 6.45) is 4.93. The van der Waals surface area contributed by atoms with Gasteiger partial charge < -0.3 is 5.32 Å². The third-order valence-corrected chi connectivity index (χ3v) is 4.87. The zero-order chi connectivity index (χ0) is 14.5. The molecule has 110 valence electrons. The molecule has 20 heavy (non-hydrogen) atoms. The Morgan fingerprint density at radius 2 is 2.05 bits per heavy atom. The Hall–Kier alpha value is -1.00. The maximum atomic E-state index is 4.54. The molecule has 2 aromatic rings. The number of aryl methyl sites for hydroxylation is 1. The number of nitrogens with one attached hydrogen (secondary N) is 1. The first-order valence-corrected chi connectivity index (χ1v) is 8.43. The van der Waals surface area contributed by atoms with E-state index in [0.29, 0.717) is 12.0 Å². The molecular weight excluding hydrogens is 266 g/mol. The molecule has 0 radical (unpaired) electrons. The van der Waals surface area contributed by atoms with E-state index in [1.807, 2.05) is 0 Å². The minimum absolute atomic E-state index is 0.484. The molecule has 0 aliphatic rings. The molecular formula is C16H25N3S. The fourth-order valence-electron chi connectivity index (χ4n) is 2.37. The SMILES string of the molecule is CCCNC(Cc1ncnc2sc(CC)cc12)C(C)C. The van der Waals surface area contributed by atoms with Gasteiger partial charge in [0.25, 0.3) is 0 Å². The van der Waals surface area contributed by atoms with Crippen molar-refractivity contribution in [2.75, 3.05) is 6.54 Å². The third kappa shape index (κ3) is 3.55. The molecule has 0 spiro atoms. The summed E-state index contributed by atoms with van der Waals surface area (Å²) in [5, 5.41) is 4.89. The number of nitrogens with zero attached hydrogens (tertiary/aromatic N) is 2. The van der Waals surface area contributed by atoms with Crippen LogP contribution >= 0.6 is 11.3 Å². The minimum Gasteiger partial charge on any atom is -0.313 e. The van der Waals surface area contributed by atoms with Crippen molar-refractivity contribution in [3.05, 3.63) is 23.0 Å². The lowest BCUT2D eigenvalue weighted by Gasteiger charge is -2.22. The van der Waals surface area contributed by atoms with E-state index >= 15 is 0 Å². The monoisotopic (exact) mass is 291 g/mol. The number of rotatable bonds is 7. The highest BCUT2D eigenvalue weighted by Gasteiger charge is 2.16. The van der Waals surface area contributed by atoms with Crippen LogP contribution in [0.5, 0.6) is 0 Å². The first-order chi connectivity index (χ1) is 9.65. The number of hydrogen-bond acceptors (Lipinski definition) is 4. The van der Waals surface area contributed by atoms with Crippen LogP contribution in [0.2, 0.25) is 0 Å². The third-order valence-electron chi connectivity index (χ3n) is 3.69. The topological polar surface area (TPSA) is 37.8 Å². The van der Waals surface area contributed by atoms with Gasteiger partial charge in [-0.1, -0.05) is 27.7 Å². The standard InChI is InChI=1S/C16H25N3S/c1-5-7-17-14(11(3)4)9-15-13-8-12(6-2)20-16(13)19-10-18-15/h8,10-11,14,17H,5-7,9H2,1-4H3. The van der Waals surface area contributed by atoms with Crippen LogP contribution in [0, 0.1) is 5.92 Å². The lowest BCUT2D eigenvalue weighted by molar-refractivity contribution is 0.395. The van der Waals surface area contributed by atoms with E-state index in [2.05, 4.69) is 49.0 Å². The fraction of sp³-hybridized carbons (Fsp3) is 0.625. The van der Waals surface area contributed by atoms with Crippen LogP contribution in [0.3, 0.4) is 0 Å². The van der Waals surface area contributed by atoms with Crippen molar-refractivity contribution < 1.29 is 0 Å². The fourth-order valence-corrected chi connectivity index (χ4v) is 3.33. The normalized spacial score (nSPS) is 13.2. The first kappa shape index (κ1) is 15.4. The summed E-state index contributed by atoms with van der Waals surface area (Å²) in [7, 11) is 0. The number of hydrogen-bond donors (Lipinski definition) is 1. The van der Waals surface area contributed by atoms with E-state index in [1.54, 1.807) is 17.7 Å². The molecule has 1 atom stereocenters. The van der Waals surface area contributed by atoms with Gasteiger partial charge in [-0.25, -0.2) is 9.97 Å². The summed E-state index contributed by atoms with van der Waals surface area (Å²) in [5.41, 5.74) is 1.19. The maximum Gasteiger partial charge on any atom is 0.127 e. The summed E-state index contributed by atoms with van der Waals surface area (Å²) in [6, 6.07) is 2.75. The number of thiophene rings is 1. The van der Waals surface area contributed by atoms with E-state index in [4.69, 9.17) is 0 Å². The summed E-state index contributed by atoms with van der Waals surface area (Å²) in [4.78, 5) is 11.5. The van der Waals surface area contributed by atoms with Crippen molar-refractivity contribution in [3.63, 3.8) is 0 Å². The smallest absolute Gasteiger partial charge is 0.127 e. The Kier molecular flexibility index (Phi) is 5.49. The summed E-state index contributed by atoms with van der Waals surface area (Å²) >= 11 is 1.79. The Balaban J connectivity index is 2.24. The zero-order valence-electron chi connectivity index (χ0n) is 12.9. The summed E-state index contributed by atoms with van der Waals surface area (Å²) < 4.78 is 0. The molecule has 0 amide bonds. The lowest BCUT2D eigenvalue weighted by atomic mass is 9.98. The molecule has 0 aliphatic carbocycles. The largest absolute Gasteiger partial charge is 0.313 e. The van der Waals surface area contributed by atoms with Crippen LogP contribution in [0.15, 0.2) is 12.4 Å². The highest BCUT2D eigenvalue weighted by Crippen LogP contribution is 2.27. The van der Waals surface area contributed by atoms with Crippen molar-refractivity contribution >= 4 is 21.6 Å². The molecule has 2 heterocycles. The Bertz CT molecular complexity index is 548. The van der Waals surface area contributed by atoms with Crippen molar-refractivity contribution in [2.45, 2.75) is 53.0 Å². The van der Waals surface area contributed by atoms with Gasteiger partial charge in [-0.15, -0.1) is 11.3 Å². The predicted molar refractivity (Wildman–Crippen MR) is 87.4 cm³/mol. The van der Waals surface area contributed by atoms with Crippen molar-refractivity contribution in [1.82, 2.24) is 15.3 Å². The van der Waals surface area contributed by atoms with Crippen molar-refractivity contribution in [3.8, 4) is 0 Å². The molecule has 0 bridgehead atoms. The van der Waals surface area contributed by atoms with Crippen LogP contribution in [-0.2, 0) is 12.8 Å². The van der Waals surface area contributed by atoms with Gasteiger partial charge in [0, 0.05) is 22.7 Å². The second-order valence-corrected chi connectivity index (χ2v) is 6.73. The molecule has 2 rings (SSSR count). The highest BCUT2D eigenvalue weighted by molar-refractivity contribution is 7.18. The van der Waals surface area contributed by atoms with E-state index in [-0.39, 0.29) is 0 Å². The van der Waals surface area contributed by atoms with Gasteiger partial charge in [0.1, 0.15) is 11.2 Å². The molecule has 0 saturated carbocycles. The van der Waals surface area contributed by atoms with Gasteiger partial charge in [0.2, 0.25) is 0 Å². The molecule has 0 aliphatic heterocycles. The molecule has 4 heteroatoms. The van der Waals surface area contributed by atoms with E-state index in [1.165, 1.54) is 22.4 Å². The zero-order valence-corrected chi connectivity index (χ0v) is 13.8. The second-order valence-electron chi connectivity index (χ2n) is 5.61. The van der Waals surface area contributed by atoms with Gasteiger partial charge in [0.15, 0.2) is 0 Å². The molecule has 3 nitrogen and oxygen atoms in total. The van der Waals surface area contributed by atoms with Crippen LogP contribution in [0.4, 0.5) is 0 Å². The molecule has 0 fully saturated rings. The average Bonchev–Trinajstić information content (AvgIpc) is 2.87.